The van der Waals surface area contributed by atoms with Crippen LogP contribution in [0.1, 0.15) is 0 Å². The van der Waals surface area contributed by atoms with Crippen LogP contribution in [0.2, 0.25) is 0 Å². The minimum atomic E-state index is 0.709. The molecular formula is C47H29N3O. The van der Waals surface area contributed by atoms with E-state index < -0.39 is 0 Å². The summed E-state index contributed by atoms with van der Waals surface area (Å²) in [6.45, 7) is 0. The summed E-state index contributed by atoms with van der Waals surface area (Å²) in [5, 5.41) is 5.61. The highest BCUT2D eigenvalue weighted by Crippen LogP contribution is 2.41. The average molecular weight is 652 g/mol. The van der Waals surface area contributed by atoms with Gasteiger partial charge in [-0.2, -0.15) is 0 Å². The van der Waals surface area contributed by atoms with Gasteiger partial charge in [0.05, 0.1) is 16.9 Å². The monoisotopic (exact) mass is 651 g/mol. The highest BCUT2D eigenvalue weighted by atomic mass is 16.3. The third kappa shape index (κ3) is 5.04. The van der Waals surface area contributed by atoms with E-state index in [2.05, 4.69) is 127 Å². The zero-order valence-electron chi connectivity index (χ0n) is 27.5. The molecule has 0 spiro atoms. The topological polar surface area (TPSA) is 51.8 Å². The molecule has 3 heterocycles. The molecule has 4 heteroatoms. The molecule has 7 aromatic carbocycles. The molecule has 0 aliphatic heterocycles. The second kappa shape index (κ2) is 11.9. The van der Waals surface area contributed by atoms with Gasteiger partial charge in [-0.05, 0) is 28.6 Å². The van der Waals surface area contributed by atoms with Crippen LogP contribution in [0.4, 0.5) is 0 Å². The second-order valence-corrected chi connectivity index (χ2v) is 12.8. The van der Waals surface area contributed by atoms with Gasteiger partial charge in [0.25, 0.3) is 0 Å². The molecule has 51 heavy (non-hydrogen) atoms. The van der Waals surface area contributed by atoms with Gasteiger partial charge in [0.15, 0.2) is 11.4 Å². The van der Waals surface area contributed by atoms with Crippen LogP contribution in [-0.4, -0.2) is 15.0 Å². The van der Waals surface area contributed by atoms with E-state index >= 15 is 0 Å². The Morgan fingerprint density at radius 2 is 0.922 bits per heavy atom. The third-order valence-corrected chi connectivity index (χ3v) is 9.70. The molecule has 10 aromatic rings. The lowest BCUT2D eigenvalue weighted by Crippen LogP contribution is -1.95. The van der Waals surface area contributed by atoms with Gasteiger partial charge in [-0.3, -0.25) is 0 Å². The molecular weight excluding hydrogens is 623 g/mol. The van der Waals surface area contributed by atoms with E-state index in [1.165, 1.54) is 5.39 Å². The van der Waals surface area contributed by atoms with E-state index in [0.717, 1.165) is 88.7 Å². The molecule has 0 saturated heterocycles. The Hall–Kier alpha value is -6.91. The Morgan fingerprint density at radius 3 is 1.63 bits per heavy atom. The predicted molar refractivity (Wildman–Crippen MR) is 209 cm³/mol. The van der Waals surface area contributed by atoms with Gasteiger partial charge in [-0.1, -0.05) is 164 Å². The van der Waals surface area contributed by atoms with Crippen LogP contribution in [0.3, 0.4) is 0 Å². The number of pyridine rings is 1. The van der Waals surface area contributed by atoms with Crippen LogP contribution in [0.15, 0.2) is 180 Å². The molecule has 0 atom stereocenters. The molecule has 10 rings (SSSR count). The molecule has 238 valence electrons. The number of aromatic nitrogens is 3. The molecule has 3 aromatic heterocycles. The molecule has 0 aliphatic rings. The van der Waals surface area contributed by atoms with E-state index in [1.54, 1.807) is 0 Å². The van der Waals surface area contributed by atoms with Crippen LogP contribution >= 0.6 is 0 Å². The van der Waals surface area contributed by atoms with Crippen molar-refractivity contribution in [2.75, 3.05) is 0 Å². The fourth-order valence-corrected chi connectivity index (χ4v) is 7.14. The standard InChI is InChI=1S/C47H29N3O/c1-3-12-33(13-4-1)40-29-41(49-47(48-40)36-14-5-2-6-15-36)34-23-19-30(20-24-34)31-21-25-35(26-22-31)44-46-43(38-17-9-10-18-42(38)51-46)39-28-27-32-11-7-8-16-37(32)45(39)50-44/h1-29H. The Kier molecular flexibility index (Phi) is 6.78. The molecule has 0 amide bonds. The summed E-state index contributed by atoms with van der Waals surface area (Å²) in [6.07, 6.45) is 0. The van der Waals surface area contributed by atoms with Crippen molar-refractivity contribution in [1.29, 1.82) is 0 Å². The molecule has 0 saturated carbocycles. The molecule has 0 N–H and O–H groups in total. The van der Waals surface area contributed by atoms with Crippen molar-refractivity contribution < 1.29 is 4.42 Å². The first-order valence-electron chi connectivity index (χ1n) is 17.1. The largest absolute Gasteiger partial charge is 0.454 e. The summed E-state index contributed by atoms with van der Waals surface area (Å²) in [5.74, 6) is 0.709. The highest BCUT2D eigenvalue weighted by molar-refractivity contribution is 6.24. The number of hydrogen-bond donors (Lipinski definition) is 0. The Labute approximate surface area is 294 Å². The van der Waals surface area contributed by atoms with Crippen molar-refractivity contribution in [2.24, 2.45) is 0 Å². The van der Waals surface area contributed by atoms with Gasteiger partial charge >= 0.3 is 0 Å². The summed E-state index contributed by atoms with van der Waals surface area (Å²) < 4.78 is 6.53. The Bertz CT molecular complexity index is 2820. The summed E-state index contributed by atoms with van der Waals surface area (Å²) in [4.78, 5) is 15.2. The normalized spacial score (nSPS) is 11.5. The lowest BCUT2D eigenvalue weighted by Gasteiger charge is -2.11. The lowest BCUT2D eigenvalue weighted by molar-refractivity contribution is 0.669. The zero-order chi connectivity index (χ0) is 33.7. The number of nitrogens with zero attached hydrogens (tertiary/aromatic N) is 3. The number of fused-ring (bicyclic) bond motifs is 7. The Morgan fingerprint density at radius 1 is 0.373 bits per heavy atom. The van der Waals surface area contributed by atoms with E-state index in [0.29, 0.717) is 5.82 Å². The van der Waals surface area contributed by atoms with Crippen molar-refractivity contribution in [2.45, 2.75) is 0 Å². The summed E-state index contributed by atoms with van der Waals surface area (Å²) in [7, 11) is 0. The van der Waals surface area contributed by atoms with Crippen LogP contribution in [0.5, 0.6) is 0 Å². The SMILES string of the molecule is c1ccc(-c2cc(-c3ccc(-c4ccc(-c5nc6c7ccccc7ccc6c6c5oc5ccccc56)cc4)cc3)nc(-c3ccccc3)n2)cc1. The third-order valence-electron chi connectivity index (χ3n) is 9.70. The van der Waals surface area contributed by atoms with Gasteiger partial charge in [-0.15, -0.1) is 0 Å². The fourth-order valence-electron chi connectivity index (χ4n) is 7.14. The van der Waals surface area contributed by atoms with Crippen LogP contribution in [-0.2, 0) is 0 Å². The van der Waals surface area contributed by atoms with E-state index in [-0.39, 0.29) is 0 Å². The Balaban J connectivity index is 1.04. The minimum Gasteiger partial charge on any atom is -0.454 e. The van der Waals surface area contributed by atoms with Crippen molar-refractivity contribution in [3.05, 3.63) is 176 Å². The van der Waals surface area contributed by atoms with Gasteiger partial charge in [-0.25, -0.2) is 15.0 Å². The number of hydrogen-bond acceptors (Lipinski definition) is 4. The maximum absolute atomic E-state index is 6.53. The van der Waals surface area contributed by atoms with Crippen molar-refractivity contribution in [1.82, 2.24) is 15.0 Å². The first-order chi connectivity index (χ1) is 25.3. The fraction of sp³-hybridized carbons (Fsp3) is 0. The van der Waals surface area contributed by atoms with Crippen molar-refractivity contribution in [3.63, 3.8) is 0 Å². The number of benzene rings is 7. The number of furan rings is 1. The van der Waals surface area contributed by atoms with Gasteiger partial charge in [0.2, 0.25) is 0 Å². The quantitative estimate of drug-likeness (QED) is 0.174. The lowest BCUT2D eigenvalue weighted by atomic mass is 9.98. The summed E-state index contributed by atoms with van der Waals surface area (Å²) >= 11 is 0. The molecule has 0 aliphatic carbocycles. The number of para-hydroxylation sites is 1. The van der Waals surface area contributed by atoms with Gasteiger partial charge in [0, 0.05) is 43.8 Å². The average Bonchev–Trinajstić information content (AvgIpc) is 3.61. The van der Waals surface area contributed by atoms with Crippen LogP contribution in [0.25, 0.3) is 99.9 Å². The number of rotatable bonds is 5. The first kappa shape index (κ1) is 29.0. The second-order valence-electron chi connectivity index (χ2n) is 12.8. The maximum Gasteiger partial charge on any atom is 0.162 e. The van der Waals surface area contributed by atoms with Gasteiger partial charge in [0.1, 0.15) is 11.3 Å². The first-order valence-corrected chi connectivity index (χ1v) is 17.1. The van der Waals surface area contributed by atoms with E-state index in [4.69, 9.17) is 19.4 Å². The maximum atomic E-state index is 6.53. The van der Waals surface area contributed by atoms with E-state index in [9.17, 15) is 0 Å². The molecule has 4 nitrogen and oxygen atoms in total. The summed E-state index contributed by atoms with van der Waals surface area (Å²) in [5.41, 5.74) is 11.6. The molecule has 0 radical (unpaired) electrons. The summed E-state index contributed by atoms with van der Waals surface area (Å²) in [6, 6.07) is 60.8. The molecule has 0 bridgehead atoms. The van der Waals surface area contributed by atoms with Gasteiger partial charge < -0.3 is 4.42 Å². The van der Waals surface area contributed by atoms with E-state index in [1.807, 2.05) is 48.5 Å². The molecule has 0 unspecified atom stereocenters. The minimum absolute atomic E-state index is 0.709. The smallest absolute Gasteiger partial charge is 0.162 e. The van der Waals surface area contributed by atoms with Crippen molar-refractivity contribution in [3.8, 4) is 56.3 Å². The molecule has 0 fully saturated rings. The predicted octanol–water partition coefficient (Wildman–Crippen LogP) is 12.4. The van der Waals surface area contributed by atoms with Crippen LogP contribution < -0.4 is 0 Å². The van der Waals surface area contributed by atoms with Crippen molar-refractivity contribution >= 4 is 43.6 Å². The van der Waals surface area contributed by atoms with Crippen LogP contribution in [0, 0.1) is 0 Å². The highest BCUT2D eigenvalue weighted by Gasteiger charge is 2.19. The zero-order valence-corrected chi connectivity index (χ0v) is 27.5.